The van der Waals surface area contributed by atoms with Crippen LogP contribution in [0, 0.1) is 24.2 Å². The number of benzene rings is 1. The van der Waals surface area contributed by atoms with Crippen LogP contribution in [0.3, 0.4) is 0 Å². The van der Waals surface area contributed by atoms with Crippen LogP contribution in [0.4, 0.5) is 0 Å². The Morgan fingerprint density at radius 3 is 2.69 bits per heavy atom. The highest BCUT2D eigenvalue weighted by molar-refractivity contribution is 7.89. The summed E-state index contributed by atoms with van der Waals surface area (Å²) in [6.45, 7) is 9.92. The first-order valence-electron chi connectivity index (χ1n) is 14.1. The molecule has 0 spiro atoms. The third-order valence-corrected chi connectivity index (χ3v) is 11.0. The zero-order valence-electron chi connectivity index (χ0n) is 24.0. The van der Waals surface area contributed by atoms with Crippen LogP contribution in [0.1, 0.15) is 88.1 Å². The zero-order valence-corrected chi connectivity index (χ0v) is 24.8. The molecule has 0 aliphatic heterocycles. The molecule has 1 aromatic carbocycles. The summed E-state index contributed by atoms with van der Waals surface area (Å²) in [5, 5.41) is 8.37. The minimum absolute atomic E-state index is 0.0208. The topological polar surface area (TPSA) is 89.5 Å². The minimum Gasteiger partial charge on any atom is -0.460 e. The van der Waals surface area contributed by atoms with E-state index in [0.717, 1.165) is 43.4 Å². The summed E-state index contributed by atoms with van der Waals surface area (Å²) in [6.07, 6.45) is 9.61. The van der Waals surface area contributed by atoms with Crippen molar-refractivity contribution in [2.75, 3.05) is 13.6 Å². The summed E-state index contributed by atoms with van der Waals surface area (Å²) in [7, 11) is -2.17. The first kappa shape index (κ1) is 28.0. The molecular formula is C31H41N3O4S. The van der Waals surface area contributed by atoms with Gasteiger partial charge < -0.3 is 4.74 Å². The number of allylic oxidation sites excluding steroid dienone is 2. The SMILES string of the molecule is Cc1cc(C2=CC[C@H]3[C@@H]4CCc5cc(S(=O)(=O)N(C)CCC(=O)OC(C)(C)C)ccc5C4CC[C@]23C)cnn1. The highest BCUT2D eigenvalue weighted by Crippen LogP contribution is 2.63. The lowest BCUT2D eigenvalue weighted by atomic mass is 9.54. The number of sulfonamides is 1. The zero-order chi connectivity index (χ0) is 28.2. The van der Waals surface area contributed by atoms with Crippen LogP contribution in [0.25, 0.3) is 5.57 Å². The van der Waals surface area contributed by atoms with Crippen LogP contribution in [0.5, 0.6) is 0 Å². The molecule has 210 valence electrons. The first-order chi connectivity index (χ1) is 18.3. The van der Waals surface area contributed by atoms with Gasteiger partial charge in [-0.05, 0) is 123 Å². The molecule has 3 aliphatic rings. The van der Waals surface area contributed by atoms with Crippen LogP contribution in [-0.4, -0.2) is 48.1 Å². The fourth-order valence-corrected chi connectivity index (χ4v) is 8.52. The molecule has 1 fully saturated rings. The van der Waals surface area contributed by atoms with E-state index in [-0.39, 0.29) is 18.4 Å². The fourth-order valence-electron chi connectivity index (χ4n) is 7.30. The van der Waals surface area contributed by atoms with E-state index in [4.69, 9.17) is 4.74 Å². The van der Waals surface area contributed by atoms with Gasteiger partial charge in [-0.1, -0.05) is 19.1 Å². The van der Waals surface area contributed by atoms with E-state index < -0.39 is 21.6 Å². The number of rotatable bonds is 6. The van der Waals surface area contributed by atoms with E-state index in [9.17, 15) is 13.2 Å². The Morgan fingerprint density at radius 1 is 1.21 bits per heavy atom. The number of carbonyl (C=O) groups is 1. The molecule has 0 radical (unpaired) electrons. The monoisotopic (exact) mass is 551 g/mol. The Labute approximate surface area is 233 Å². The number of nitrogens with zero attached hydrogens (tertiary/aromatic N) is 3. The second kappa shape index (κ2) is 10.1. The number of aromatic nitrogens is 2. The number of aryl methyl sites for hydroxylation is 2. The third kappa shape index (κ3) is 5.30. The average molecular weight is 552 g/mol. The van der Waals surface area contributed by atoms with Crippen molar-refractivity contribution in [3.05, 3.63) is 58.9 Å². The molecule has 2 aromatic rings. The largest absolute Gasteiger partial charge is 0.460 e. The van der Waals surface area contributed by atoms with Gasteiger partial charge in [0.05, 0.1) is 23.2 Å². The van der Waals surface area contributed by atoms with Gasteiger partial charge in [-0.25, -0.2) is 12.7 Å². The smallest absolute Gasteiger partial charge is 0.307 e. The van der Waals surface area contributed by atoms with Gasteiger partial charge in [0.1, 0.15) is 5.60 Å². The Kier molecular flexibility index (Phi) is 7.25. The summed E-state index contributed by atoms with van der Waals surface area (Å²) >= 11 is 0. The number of ether oxygens (including phenoxy) is 1. The summed E-state index contributed by atoms with van der Waals surface area (Å²) in [5.41, 5.74) is 5.58. The van der Waals surface area contributed by atoms with E-state index in [1.54, 1.807) is 26.8 Å². The van der Waals surface area contributed by atoms with Gasteiger partial charge in [0.2, 0.25) is 10.0 Å². The van der Waals surface area contributed by atoms with E-state index >= 15 is 0 Å². The second-order valence-electron chi connectivity index (χ2n) is 12.8. The van der Waals surface area contributed by atoms with E-state index in [2.05, 4.69) is 35.3 Å². The van der Waals surface area contributed by atoms with Crippen molar-refractivity contribution in [1.29, 1.82) is 0 Å². The van der Waals surface area contributed by atoms with Gasteiger partial charge >= 0.3 is 5.97 Å². The molecular weight excluding hydrogens is 510 g/mol. The quantitative estimate of drug-likeness (QED) is 0.429. The Bertz CT molecular complexity index is 1410. The second-order valence-corrected chi connectivity index (χ2v) is 14.9. The molecule has 0 bridgehead atoms. The molecule has 4 atom stereocenters. The lowest BCUT2D eigenvalue weighted by Gasteiger charge is -2.50. The van der Waals surface area contributed by atoms with Crippen LogP contribution in [0.2, 0.25) is 0 Å². The van der Waals surface area contributed by atoms with Crippen molar-refractivity contribution in [2.45, 2.75) is 89.6 Å². The third-order valence-electron chi connectivity index (χ3n) is 9.13. The van der Waals surface area contributed by atoms with Crippen LogP contribution >= 0.6 is 0 Å². The molecule has 1 saturated carbocycles. The van der Waals surface area contributed by atoms with Crippen LogP contribution in [-0.2, 0) is 26.0 Å². The van der Waals surface area contributed by atoms with Gasteiger partial charge in [-0.2, -0.15) is 10.2 Å². The number of carbonyl (C=O) groups excluding carboxylic acids is 1. The summed E-state index contributed by atoms with van der Waals surface area (Å²) in [6, 6.07) is 7.85. The lowest BCUT2D eigenvalue weighted by Crippen LogP contribution is -2.41. The number of esters is 1. The van der Waals surface area contributed by atoms with E-state index in [0.29, 0.717) is 22.6 Å². The number of fused-ring (bicyclic) bond motifs is 5. The molecule has 1 unspecified atom stereocenters. The predicted molar refractivity (Wildman–Crippen MR) is 151 cm³/mol. The highest BCUT2D eigenvalue weighted by atomic mass is 32.2. The molecule has 5 rings (SSSR count). The molecule has 0 saturated heterocycles. The minimum atomic E-state index is -3.70. The maximum Gasteiger partial charge on any atom is 0.307 e. The van der Waals surface area contributed by atoms with Crippen molar-refractivity contribution in [3.63, 3.8) is 0 Å². The van der Waals surface area contributed by atoms with Crippen molar-refractivity contribution < 1.29 is 17.9 Å². The number of hydrogen-bond acceptors (Lipinski definition) is 6. The molecule has 7 nitrogen and oxygen atoms in total. The molecule has 39 heavy (non-hydrogen) atoms. The lowest BCUT2D eigenvalue weighted by molar-refractivity contribution is -0.154. The van der Waals surface area contributed by atoms with Gasteiger partial charge in [-0.3, -0.25) is 4.79 Å². The van der Waals surface area contributed by atoms with Crippen molar-refractivity contribution >= 4 is 21.6 Å². The summed E-state index contributed by atoms with van der Waals surface area (Å²) < 4.78 is 33.3. The maximum absolute atomic E-state index is 13.3. The molecule has 1 heterocycles. The van der Waals surface area contributed by atoms with E-state index in [1.165, 1.54) is 28.1 Å². The average Bonchev–Trinajstić information content (AvgIpc) is 3.23. The fraction of sp³-hybridized carbons (Fsp3) is 0.581. The van der Waals surface area contributed by atoms with E-state index in [1.807, 2.05) is 19.2 Å². The summed E-state index contributed by atoms with van der Waals surface area (Å²) in [5.74, 6) is 1.22. The molecule has 3 aliphatic carbocycles. The molecule has 8 heteroatoms. The van der Waals surface area contributed by atoms with Gasteiger partial charge in [0, 0.05) is 13.6 Å². The number of hydrogen-bond donors (Lipinski definition) is 0. The van der Waals surface area contributed by atoms with Crippen molar-refractivity contribution in [1.82, 2.24) is 14.5 Å². The highest BCUT2D eigenvalue weighted by Gasteiger charge is 2.52. The van der Waals surface area contributed by atoms with Gasteiger partial charge in [0.25, 0.3) is 0 Å². The molecule has 0 amide bonds. The van der Waals surface area contributed by atoms with Crippen molar-refractivity contribution in [2.24, 2.45) is 17.3 Å². The van der Waals surface area contributed by atoms with Crippen LogP contribution in [0.15, 0.2) is 41.4 Å². The Morgan fingerprint density at radius 2 is 1.97 bits per heavy atom. The van der Waals surface area contributed by atoms with Gasteiger partial charge in [-0.15, -0.1) is 0 Å². The predicted octanol–water partition coefficient (Wildman–Crippen LogP) is 5.69. The Balaban J connectivity index is 1.31. The summed E-state index contributed by atoms with van der Waals surface area (Å²) in [4.78, 5) is 12.4. The van der Waals surface area contributed by atoms with Crippen molar-refractivity contribution in [3.8, 4) is 0 Å². The first-order valence-corrected chi connectivity index (χ1v) is 15.5. The van der Waals surface area contributed by atoms with Crippen LogP contribution < -0.4 is 0 Å². The standard InChI is InChI=1S/C31H41N3O4S/c1-20-17-22(19-32-33-20)27-11-12-28-26-9-7-21-18-23(8-10-24(21)25(26)13-15-31(27,28)5)39(36,37)34(6)16-14-29(35)38-30(2,3)4/h8,10-11,17-19,25-26,28H,7,9,12-16H2,1-6H3/t25?,26-,28+,31-/m1/s1. The molecule has 1 aromatic heterocycles. The Hall–Kier alpha value is -2.58. The normalized spacial score (nSPS) is 26.4. The maximum atomic E-state index is 13.3. The molecule has 0 N–H and O–H groups in total. The van der Waals surface area contributed by atoms with Gasteiger partial charge in [0.15, 0.2) is 0 Å².